The minimum absolute atomic E-state index is 0.0167. The van der Waals surface area contributed by atoms with Gasteiger partial charge in [-0.2, -0.15) is 0 Å². The van der Waals surface area contributed by atoms with E-state index in [1.54, 1.807) is 0 Å². The van der Waals surface area contributed by atoms with Crippen LogP contribution in [0.15, 0.2) is 18.2 Å². The van der Waals surface area contributed by atoms with Gasteiger partial charge < -0.3 is 14.8 Å². The van der Waals surface area contributed by atoms with E-state index in [9.17, 15) is 0 Å². The molecule has 57 valence electrons. The van der Waals surface area contributed by atoms with Crippen LogP contribution in [0.2, 0.25) is 5.02 Å². The molecule has 11 heavy (non-hydrogen) atoms. The summed E-state index contributed by atoms with van der Waals surface area (Å²) in [5, 5.41) is 17.4. The Kier molecular flexibility index (Phi) is 2.62. The van der Waals surface area contributed by atoms with E-state index in [2.05, 4.69) is 4.65 Å². The van der Waals surface area contributed by atoms with Gasteiger partial charge in [0.15, 0.2) is 0 Å². The number of phenolic OH excluding ortho intramolecular Hbond substituents is 1. The third kappa shape index (κ3) is 2.03. The summed E-state index contributed by atoms with van der Waals surface area (Å²) in [6.45, 7) is 0. The van der Waals surface area contributed by atoms with Gasteiger partial charge >= 0.3 is 7.69 Å². The molecule has 1 aromatic carbocycles. The van der Waals surface area contributed by atoms with Crippen molar-refractivity contribution in [3.05, 3.63) is 23.2 Å². The fourth-order valence-electron chi connectivity index (χ4n) is 0.622. The quantitative estimate of drug-likeness (QED) is 0.652. The predicted octanol–water partition coefficient (Wildman–Crippen LogP) is 0.951. The summed E-state index contributed by atoms with van der Waals surface area (Å²) in [6.07, 6.45) is 0. The molecule has 2 N–H and O–H groups in total. The lowest BCUT2D eigenvalue weighted by Crippen LogP contribution is -1.99. The minimum atomic E-state index is -0.0167. The Balaban J connectivity index is 2.86. The van der Waals surface area contributed by atoms with Crippen LogP contribution in [0.5, 0.6) is 11.5 Å². The molecule has 5 heteroatoms. The van der Waals surface area contributed by atoms with Gasteiger partial charge in [0.1, 0.15) is 11.5 Å². The Labute approximate surface area is 69.5 Å². The highest BCUT2D eigenvalue weighted by Gasteiger charge is 1.99. The number of hydrogen-bond donors (Lipinski definition) is 2. The molecule has 1 radical (unpaired) electrons. The molecule has 0 heterocycles. The molecular formula is C6H5BClO3. The van der Waals surface area contributed by atoms with E-state index in [-0.39, 0.29) is 10.8 Å². The van der Waals surface area contributed by atoms with Crippen molar-refractivity contribution in [3.63, 3.8) is 0 Å². The molecule has 0 aromatic heterocycles. The number of halogens is 1. The summed E-state index contributed by atoms with van der Waals surface area (Å²) in [6, 6.07) is 4.25. The molecule has 0 aliphatic heterocycles. The standard InChI is InChI=1S/C6H5BClO3/c8-5-3-4(11-7-10)1-2-6(5)9/h1-3,9-10H. The number of benzene rings is 1. The van der Waals surface area contributed by atoms with Crippen LogP contribution < -0.4 is 4.65 Å². The lowest BCUT2D eigenvalue weighted by Gasteiger charge is -2.01. The third-order valence-corrected chi connectivity index (χ3v) is 1.41. The van der Waals surface area contributed by atoms with Gasteiger partial charge in [-0.3, -0.25) is 0 Å². The van der Waals surface area contributed by atoms with Crippen LogP contribution in [0.3, 0.4) is 0 Å². The second kappa shape index (κ2) is 3.50. The van der Waals surface area contributed by atoms with Gasteiger partial charge in [0.05, 0.1) is 5.02 Å². The zero-order valence-electron chi connectivity index (χ0n) is 5.49. The predicted molar refractivity (Wildman–Crippen MR) is 41.7 cm³/mol. The van der Waals surface area contributed by atoms with E-state index >= 15 is 0 Å². The maximum atomic E-state index is 8.95. The van der Waals surface area contributed by atoms with Gasteiger partial charge in [0, 0.05) is 6.07 Å². The topological polar surface area (TPSA) is 49.7 Å². The second-order valence-electron chi connectivity index (χ2n) is 1.84. The lowest BCUT2D eigenvalue weighted by molar-refractivity contribution is 0.449. The fourth-order valence-corrected chi connectivity index (χ4v) is 0.792. The summed E-state index contributed by atoms with van der Waals surface area (Å²) in [7, 11) is 0.544. The van der Waals surface area contributed by atoms with Gasteiger partial charge in [-0.05, 0) is 12.1 Å². The van der Waals surface area contributed by atoms with Gasteiger partial charge in [-0.1, -0.05) is 11.6 Å². The zero-order valence-corrected chi connectivity index (χ0v) is 6.25. The largest absolute Gasteiger partial charge is 0.569 e. The molecule has 0 unspecified atom stereocenters. The van der Waals surface area contributed by atoms with Crippen LogP contribution in [0, 0.1) is 0 Å². The van der Waals surface area contributed by atoms with Crippen LogP contribution in [0.1, 0.15) is 0 Å². The van der Waals surface area contributed by atoms with Crippen molar-refractivity contribution < 1.29 is 14.8 Å². The summed E-state index contributed by atoms with van der Waals surface area (Å²) < 4.78 is 4.58. The SMILES string of the molecule is O[B]Oc1ccc(O)c(Cl)c1. The molecule has 0 bridgehead atoms. The maximum absolute atomic E-state index is 8.95. The Morgan fingerprint density at radius 3 is 2.73 bits per heavy atom. The van der Waals surface area contributed by atoms with E-state index in [4.69, 9.17) is 21.7 Å². The summed E-state index contributed by atoms with van der Waals surface area (Å²) in [5.41, 5.74) is 0. The van der Waals surface area contributed by atoms with Crippen molar-refractivity contribution >= 4 is 19.3 Å². The number of aromatic hydroxyl groups is 1. The van der Waals surface area contributed by atoms with E-state index in [1.165, 1.54) is 18.2 Å². The highest BCUT2D eigenvalue weighted by molar-refractivity contribution is 6.32. The molecule has 3 nitrogen and oxygen atoms in total. The van der Waals surface area contributed by atoms with Gasteiger partial charge in [-0.25, -0.2) is 0 Å². The van der Waals surface area contributed by atoms with Crippen molar-refractivity contribution in [2.45, 2.75) is 0 Å². The van der Waals surface area contributed by atoms with E-state index in [0.29, 0.717) is 13.4 Å². The monoisotopic (exact) mass is 171 g/mol. The Morgan fingerprint density at radius 2 is 2.18 bits per heavy atom. The molecule has 0 aliphatic carbocycles. The first-order valence-corrected chi connectivity index (χ1v) is 3.23. The molecule has 0 fully saturated rings. The van der Waals surface area contributed by atoms with Crippen molar-refractivity contribution in [2.75, 3.05) is 0 Å². The Morgan fingerprint density at radius 1 is 1.45 bits per heavy atom. The van der Waals surface area contributed by atoms with Gasteiger partial charge in [-0.15, -0.1) is 0 Å². The summed E-state index contributed by atoms with van der Waals surface area (Å²) >= 11 is 5.52. The number of rotatable bonds is 2. The van der Waals surface area contributed by atoms with Crippen LogP contribution in [0.25, 0.3) is 0 Å². The van der Waals surface area contributed by atoms with Gasteiger partial charge in [0.25, 0.3) is 0 Å². The van der Waals surface area contributed by atoms with E-state index < -0.39 is 0 Å². The van der Waals surface area contributed by atoms with Crippen molar-refractivity contribution in [1.29, 1.82) is 0 Å². The minimum Gasteiger partial charge on any atom is -0.537 e. The normalized spacial score (nSPS) is 9.27. The first-order chi connectivity index (χ1) is 5.24. The molecule has 0 aliphatic rings. The van der Waals surface area contributed by atoms with Crippen molar-refractivity contribution in [3.8, 4) is 11.5 Å². The first kappa shape index (κ1) is 8.23. The zero-order chi connectivity index (χ0) is 8.27. The smallest absolute Gasteiger partial charge is 0.537 e. The van der Waals surface area contributed by atoms with Crippen LogP contribution in [-0.4, -0.2) is 17.8 Å². The summed E-state index contributed by atoms with van der Waals surface area (Å²) in [4.78, 5) is 0. The summed E-state index contributed by atoms with van der Waals surface area (Å²) in [5.74, 6) is 0.354. The molecule has 1 aromatic rings. The van der Waals surface area contributed by atoms with Gasteiger partial charge in [0.2, 0.25) is 0 Å². The van der Waals surface area contributed by atoms with E-state index in [1.807, 2.05) is 0 Å². The molecule has 0 saturated heterocycles. The van der Waals surface area contributed by atoms with Crippen LogP contribution >= 0.6 is 11.6 Å². The average molecular weight is 171 g/mol. The second-order valence-corrected chi connectivity index (χ2v) is 2.24. The molecule has 0 spiro atoms. The maximum Gasteiger partial charge on any atom is 0.569 e. The Bertz CT molecular complexity index is 254. The molecule has 0 saturated carbocycles. The fraction of sp³-hybridized carbons (Fsp3) is 0. The van der Waals surface area contributed by atoms with Crippen LogP contribution in [0.4, 0.5) is 0 Å². The number of hydrogen-bond acceptors (Lipinski definition) is 3. The average Bonchev–Trinajstić information content (AvgIpc) is 1.98. The molecular weight excluding hydrogens is 166 g/mol. The molecule has 0 amide bonds. The number of phenols is 1. The Hall–Kier alpha value is -0.865. The van der Waals surface area contributed by atoms with Crippen molar-refractivity contribution in [2.24, 2.45) is 0 Å². The third-order valence-electron chi connectivity index (χ3n) is 1.11. The molecule has 0 atom stereocenters. The first-order valence-electron chi connectivity index (χ1n) is 2.85. The van der Waals surface area contributed by atoms with E-state index in [0.717, 1.165) is 0 Å². The lowest BCUT2D eigenvalue weighted by atomic mass is 10.3. The van der Waals surface area contributed by atoms with Crippen LogP contribution in [-0.2, 0) is 0 Å². The molecule has 1 rings (SSSR count). The highest BCUT2D eigenvalue weighted by atomic mass is 35.5. The highest BCUT2D eigenvalue weighted by Crippen LogP contribution is 2.26. The van der Waals surface area contributed by atoms with Crippen molar-refractivity contribution in [1.82, 2.24) is 0 Å².